The molecule has 88 valence electrons. The van der Waals surface area contributed by atoms with Crippen LogP contribution >= 0.6 is 0 Å². The number of aromatic nitrogens is 2. The van der Waals surface area contributed by atoms with Gasteiger partial charge in [-0.3, -0.25) is 4.98 Å². The van der Waals surface area contributed by atoms with E-state index < -0.39 is 0 Å². The summed E-state index contributed by atoms with van der Waals surface area (Å²) in [5.74, 6) is 0.939. The lowest BCUT2D eigenvalue weighted by molar-refractivity contribution is 0.0935. The molecule has 16 heavy (non-hydrogen) atoms. The molecule has 0 amide bonds. The van der Waals surface area contributed by atoms with Gasteiger partial charge in [0, 0.05) is 25.5 Å². The van der Waals surface area contributed by atoms with Gasteiger partial charge < -0.3 is 15.0 Å². The standard InChI is InChI=1S/C11H18N4O/c1-2-12-7-10-9-16-6-5-15(10)11-8-13-3-4-14-11/h3-4,8,10,12H,2,5-7,9H2,1H3. The zero-order valence-electron chi connectivity index (χ0n) is 9.59. The Labute approximate surface area is 95.8 Å². The van der Waals surface area contributed by atoms with E-state index in [-0.39, 0.29) is 0 Å². The molecular formula is C11H18N4O. The number of anilines is 1. The van der Waals surface area contributed by atoms with E-state index >= 15 is 0 Å². The Morgan fingerprint density at radius 1 is 1.56 bits per heavy atom. The minimum atomic E-state index is 0.352. The van der Waals surface area contributed by atoms with Gasteiger partial charge in [-0.1, -0.05) is 6.92 Å². The van der Waals surface area contributed by atoms with Crippen molar-refractivity contribution in [3.05, 3.63) is 18.6 Å². The molecule has 2 rings (SSSR count). The molecule has 2 heterocycles. The Morgan fingerprint density at radius 2 is 2.50 bits per heavy atom. The van der Waals surface area contributed by atoms with Gasteiger partial charge in [0.15, 0.2) is 0 Å². The summed E-state index contributed by atoms with van der Waals surface area (Å²) in [4.78, 5) is 10.7. The fourth-order valence-corrected chi connectivity index (χ4v) is 1.88. The van der Waals surface area contributed by atoms with E-state index in [4.69, 9.17) is 4.74 Å². The molecule has 1 aliphatic rings. The van der Waals surface area contributed by atoms with Crippen LogP contribution in [0.5, 0.6) is 0 Å². The molecule has 1 aliphatic heterocycles. The molecule has 1 N–H and O–H groups in total. The number of hydrogen-bond acceptors (Lipinski definition) is 5. The van der Waals surface area contributed by atoms with Crippen LogP contribution in [0.3, 0.4) is 0 Å². The largest absolute Gasteiger partial charge is 0.377 e. The van der Waals surface area contributed by atoms with Gasteiger partial charge in [-0.15, -0.1) is 0 Å². The minimum absolute atomic E-state index is 0.352. The highest BCUT2D eigenvalue weighted by Crippen LogP contribution is 2.15. The molecule has 1 atom stereocenters. The van der Waals surface area contributed by atoms with E-state index in [1.807, 2.05) is 6.20 Å². The predicted octanol–water partition coefficient (Wildman–Crippen LogP) is 0.291. The smallest absolute Gasteiger partial charge is 0.147 e. The zero-order chi connectivity index (χ0) is 11.2. The van der Waals surface area contributed by atoms with Gasteiger partial charge >= 0.3 is 0 Å². The molecule has 0 radical (unpaired) electrons. The van der Waals surface area contributed by atoms with Crippen LogP contribution in [-0.4, -0.2) is 48.9 Å². The summed E-state index contributed by atoms with van der Waals surface area (Å²) >= 11 is 0. The summed E-state index contributed by atoms with van der Waals surface area (Å²) in [6, 6.07) is 0.352. The first kappa shape index (κ1) is 11.3. The van der Waals surface area contributed by atoms with Crippen LogP contribution in [0.15, 0.2) is 18.6 Å². The molecule has 0 saturated carbocycles. The van der Waals surface area contributed by atoms with Crippen LogP contribution in [0.25, 0.3) is 0 Å². The summed E-state index contributed by atoms with van der Waals surface area (Å²) < 4.78 is 5.50. The van der Waals surface area contributed by atoms with Gasteiger partial charge in [-0.2, -0.15) is 0 Å². The third-order valence-electron chi connectivity index (χ3n) is 2.70. The Hall–Kier alpha value is -1.20. The van der Waals surface area contributed by atoms with Crippen molar-refractivity contribution in [3.8, 4) is 0 Å². The molecule has 1 saturated heterocycles. The fraction of sp³-hybridized carbons (Fsp3) is 0.636. The van der Waals surface area contributed by atoms with Crippen LogP contribution in [0, 0.1) is 0 Å². The summed E-state index contributed by atoms with van der Waals surface area (Å²) in [6.07, 6.45) is 5.24. The van der Waals surface area contributed by atoms with Gasteiger partial charge in [-0.25, -0.2) is 4.98 Å². The van der Waals surface area contributed by atoms with Gasteiger partial charge in [0.1, 0.15) is 5.82 Å². The molecular weight excluding hydrogens is 204 g/mol. The number of likely N-dealkylation sites (N-methyl/N-ethyl adjacent to an activating group) is 1. The lowest BCUT2D eigenvalue weighted by Gasteiger charge is -2.36. The van der Waals surface area contributed by atoms with Crippen molar-refractivity contribution < 1.29 is 4.74 Å². The van der Waals surface area contributed by atoms with Gasteiger partial charge in [0.2, 0.25) is 0 Å². The molecule has 0 aliphatic carbocycles. The Kier molecular flexibility index (Phi) is 4.07. The zero-order valence-corrected chi connectivity index (χ0v) is 9.59. The second-order valence-corrected chi connectivity index (χ2v) is 3.79. The maximum atomic E-state index is 5.50. The van der Waals surface area contributed by atoms with Crippen molar-refractivity contribution in [1.82, 2.24) is 15.3 Å². The number of nitrogens with zero attached hydrogens (tertiary/aromatic N) is 3. The second-order valence-electron chi connectivity index (χ2n) is 3.79. The average Bonchev–Trinajstić information content (AvgIpc) is 2.38. The molecule has 1 aromatic heterocycles. The van der Waals surface area contributed by atoms with Crippen molar-refractivity contribution in [3.63, 3.8) is 0 Å². The molecule has 0 spiro atoms. The van der Waals surface area contributed by atoms with Crippen molar-refractivity contribution >= 4 is 5.82 Å². The maximum Gasteiger partial charge on any atom is 0.147 e. The summed E-state index contributed by atoms with van der Waals surface area (Å²) in [6.45, 7) is 6.41. The van der Waals surface area contributed by atoms with Gasteiger partial charge in [0.25, 0.3) is 0 Å². The van der Waals surface area contributed by atoms with Crippen molar-refractivity contribution in [2.75, 3.05) is 37.7 Å². The number of hydrogen-bond donors (Lipinski definition) is 1. The number of morpholine rings is 1. The SMILES string of the molecule is CCNCC1COCCN1c1cnccn1. The lowest BCUT2D eigenvalue weighted by Crippen LogP contribution is -2.50. The van der Waals surface area contributed by atoms with E-state index in [2.05, 4.69) is 27.1 Å². The fourth-order valence-electron chi connectivity index (χ4n) is 1.88. The summed E-state index contributed by atoms with van der Waals surface area (Å²) in [7, 11) is 0. The number of nitrogens with one attached hydrogen (secondary N) is 1. The first-order valence-electron chi connectivity index (χ1n) is 5.73. The Balaban J connectivity index is 2.04. The molecule has 0 aromatic carbocycles. The van der Waals surface area contributed by atoms with Gasteiger partial charge in [0.05, 0.1) is 25.5 Å². The van der Waals surface area contributed by atoms with Crippen LogP contribution in [0.4, 0.5) is 5.82 Å². The first-order chi connectivity index (χ1) is 7.92. The monoisotopic (exact) mass is 222 g/mol. The highest BCUT2D eigenvalue weighted by atomic mass is 16.5. The summed E-state index contributed by atoms with van der Waals surface area (Å²) in [5, 5.41) is 3.35. The quantitative estimate of drug-likeness (QED) is 0.793. The predicted molar refractivity (Wildman–Crippen MR) is 62.5 cm³/mol. The van der Waals surface area contributed by atoms with E-state index in [9.17, 15) is 0 Å². The van der Waals surface area contributed by atoms with Crippen LogP contribution in [0.2, 0.25) is 0 Å². The normalized spacial score (nSPS) is 21.1. The maximum absolute atomic E-state index is 5.50. The first-order valence-corrected chi connectivity index (χ1v) is 5.73. The average molecular weight is 222 g/mol. The van der Waals surface area contributed by atoms with E-state index in [1.54, 1.807) is 12.4 Å². The van der Waals surface area contributed by atoms with E-state index in [1.165, 1.54) is 0 Å². The lowest BCUT2D eigenvalue weighted by atomic mass is 10.2. The highest BCUT2D eigenvalue weighted by Gasteiger charge is 2.23. The summed E-state index contributed by atoms with van der Waals surface area (Å²) in [5.41, 5.74) is 0. The van der Waals surface area contributed by atoms with E-state index in [0.29, 0.717) is 6.04 Å². The highest BCUT2D eigenvalue weighted by molar-refractivity contribution is 5.37. The molecule has 5 heteroatoms. The van der Waals surface area contributed by atoms with Crippen molar-refractivity contribution in [2.24, 2.45) is 0 Å². The van der Waals surface area contributed by atoms with E-state index in [0.717, 1.165) is 38.7 Å². The molecule has 1 fully saturated rings. The third kappa shape index (κ3) is 2.68. The number of rotatable bonds is 4. The molecule has 0 bridgehead atoms. The molecule has 5 nitrogen and oxygen atoms in total. The molecule has 1 unspecified atom stereocenters. The van der Waals surface area contributed by atoms with Crippen LogP contribution < -0.4 is 10.2 Å². The van der Waals surface area contributed by atoms with Crippen molar-refractivity contribution in [2.45, 2.75) is 13.0 Å². The molecule has 1 aromatic rings. The topological polar surface area (TPSA) is 50.3 Å². The number of ether oxygens (including phenoxy) is 1. The van der Waals surface area contributed by atoms with Crippen molar-refractivity contribution in [1.29, 1.82) is 0 Å². The Morgan fingerprint density at radius 3 is 3.25 bits per heavy atom. The van der Waals surface area contributed by atoms with Crippen LogP contribution in [-0.2, 0) is 4.74 Å². The third-order valence-corrected chi connectivity index (χ3v) is 2.70. The van der Waals surface area contributed by atoms with Crippen LogP contribution in [0.1, 0.15) is 6.92 Å². The Bertz CT molecular complexity index is 306. The van der Waals surface area contributed by atoms with Gasteiger partial charge in [-0.05, 0) is 6.54 Å². The minimum Gasteiger partial charge on any atom is -0.377 e. The second kappa shape index (κ2) is 5.77.